The number of rotatable bonds is 1. The van der Waals surface area contributed by atoms with Gasteiger partial charge in [0.15, 0.2) is 0 Å². The Bertz CT molecular complexity index is 582. The van der Waals surface area contributed by atoms with Crippen molar-refractivity contribution in [3.8, 4) is 0 Å². The zero-order valence-electron chi connectivity index (χ0n) is 9.68. The van der Waals surface area contributed by atoms with E-state index >= 15 is 0 Å². The van der Waals surface area contributed by atoms with E-state index in [1.54, 1.807) is 0 Å². The molecule has 0 radical (unpaired) electrons. The van der Waals surface area contributed by atoms with Crippen molar-refractivity contribution in [2.24, 2.45) is 4.99 Å². The summed E-state index contributed by atoms with van der Waals surface area (Å²) in [5, 5.41) is 3.20. The van der Waals surface area contributed by atoms with Crippen LogP contribution < -0.4 is 5.32 Å². The molecule has 1 aromatic rings. The van der Waals surface area contributed by atoms with E-state index in [0.29, 0.717) is 12.0 Å². The molecule has 0 bridgehead atoms. The average molecular weight is 228 g/mol. The van der Waals surface area contributed by atoms with Gasteiger partial charge in [-0.05, 0) is 30.2 Å². The predicted molar refractivity (Wildman–Crippen MR) is 68.7 cm³/mol. The molecule has 17 heavy (non-hydrogen) atoms. The van der Waals surface area contributed by atoms with Crippen molar-refractivity contribution in [3.63, 3.8) is 0 Å². The van der Waals surface area contributed by atoms with Crippen LogP contribution >= 0.6 is 0 Å². The van der Waals surface area contributed by atoms with Crippen LogP contribution in [0.1, 0.15) is 24.5 Å². The molecular weight excluding hydrogens is 215 g/mol. The van der Waals surface area contributed by atoms with E-state index in [1.807, 2.05) is 25.1 Å². The minimum Gasteiger partial charge on any atom is -0.359 e. The molecule has 2 heterocycles. The van der Waals surface area contributed by atoms with Crippen LogP contribution in [0.3, 0.4) is 0 Å². The molecule has 0 atom stereocenters. The first kappa shape index (κ1) is 10.3. The Morgan fingerprint density at radius 3 is 2.88 bits per heavy atom. The lowest BCUT2D eigenvalue weighted by atomic mass is 9.99. The first-order valence-electron chi connectivity index (χ1n) is 5.64. The fourth-order valence-electron chi connectivity index (χ4n) is 2.34. The van der Waals surface area contributed by atoms with E-state index < -0.39 is 0 Å². The maximum Gasteiger partial charge on any atom is 0.216 e. The monoisotopic (exact) mass is 228 g/mol. The second-order valence-electron chi connectivity index (χ2n) is 4.57. The Morgan fingerprint density at radius 1 is 1.35 bits per heavy atom. The van der Waals surface area contributed by atoms with Crippen LogP contribution in [0.5, 0.6) is 0 Å². The molecule has 2 aliphatic rings. The number of halogens is 1. The highest BCUT2D eigenvalue weighted by atomic mass is 19.1. The van der Waals surface area contributed by atoms with Crippen LogP contribution in [0.15, 0.2) is 41.4 Å². The number of benzene rings is 1. The fraction of sp³-hybridized carbons (Fsp3) is 0.214. The summed E-state index contributed by atoms with van der Waals surface area (Å²) >= 11 is 0. The molecule has 0 aliphatic carbocycles. The molecule has 0 amide bonds. The van der Waals surface area contributed by atoms with Crippen LogP contribution in [-0.4, -0.2) is 5.71 Å². The Labute approximate surface area is 99.6 Å². The molecule has 0 aromatic heterocycles. The van der Waals surface area contributed by atoms with E-state index in [0.717, 1.165) is 29.1 Å². The summed E-state index contributed by atoms with van der Waals surface area (Å²) in [6, 6.07) is 5.95. The van der Waals surface area contributed by atoms with E-state index in [4.69, 9.17) is 0 Å². The fourth-order valence-corrected chi connectivity index (χ4v) is 2.34. The number of hydrogen-bond acceptors (Lipinski definition) is 2. The first-order chi connectivity index (χ1) is 8.13. The molecule has 1 N–H and O–H groups in total. The van der Waals surface area contributed by atoms with Crippen molar-refractivity contribution in [2.75, 3.05) is 5.32 Å². The second-order valence-corrected chi connectivity index (χ2v) is 4.57. The summed E-state index contributed by atoms with van der Waals surface area (Å²) in [5.74, 6) is -0.341. The van der Waals surface area contributed by atoms with Gasteiger partial charge in [0.2, 0.25) is 5.95 Å². The lowest BCUT2D eigenvalue weighted by Crippen LogP contribution is -1.90. The molecule has 0 spiro atoms. The van der Waals surface area contributed by atoms with Crippen molar-refractivity contribution < 1.29 is 4.39 Å². The SMILES string of the molecule is C=C1Cc2cc(C3=C(F)N=C(C)C3)ccc2N1. The summed E-state index contributed by atoms with van der Waals surface area (Å²) in [7, 11) is 0. The van der Waals surface area contributed by atoms with Gasteiger partial charge in [0.25, 0.3) is 0 Å². The van der Waals surface area contributed by atoms with Crippen LogP contribution in [0.25, 0.3) is 5.57 Å². The maximum absolute atomic E-state index is 13.6. The lowest BCUT2D eigenvalue weighted by molar-refractivity contribution is 0.635. The van der Waals surface area contributed by atoms with Gasteiger partial charge in [-0.3, -0.25) is 0 Å². The number of nitrogens with one attached hydrogen (secondary N) is 1. The van der Waals surface area contributed by atoms with Crippen molar-refractivity contribution in [3.05, 3.63) is 47.6 Å². The summed E-state index contributed by atoms with van der Waals surface area (Å²) in [5.41, 5.74) is 5.71. The molecule has 0 saturated carbocycles. The van der Waals surface area contributed by atoms with E-state index in [-0.39, 0.29) is 5.95 Å². The highest BCUT2D eigenvalue weighted by Gasteiger charge is 2.19. The van der Waals surface area contributed by atoms with Gasteiger partial charge in [0.05, 0.1) is 0 Å². The number of aliphatic imine (C=N–C) groups is 1. The Hall–Kier alpha value is -1.90. The molecule has 86 valence electrons. The molecule has 3 rings (SSSR count). The molecular formula is C14H13FN2. The number of fused-ring (bicyclic) bond motifs is 1. The molecule has 1 aromatic carbocycles. The van der Waals surface area contributed by atoms with E-state index in [9.17, 15) is 4.39 Å². The zero-order valence-corrected chi connectivity index (χ0v) is 9.68. The smallest absolute Gasteiger partial charge is 0.216 e. The normalized spacial score (nSPS) is 18.2. The van der Waals surface area contributed by atoms with Crippen molar-refractivity contribution in [2.45, 2.75) is 19.8 Å². The van der Waals surface area contributed by atoms with Crippen LogP contribution in [0.4, 0.5) is 10.1 Å². The van der Waals surface area contributed by atoms with Crippen molar-refractivity contribution in [1.82, 2.24) is 0 Å². The Balaban J connectivity index is 2.00. The quantitative estimate of drug-likeness (QED) is 0.729. The zero-order chi connectivity index (χ0) is 12.0. The van der Waals surface area contributed by atoms with Gasteiger partial charge < -0.3 is 5.32 Å². The van der Waals surface area contributed by atoms with Crippen molar-refractivity contribution in [1.29, 1.82) is 0 Å². The van der Waals surface area contributed by atoms with E-state index in [2.05, 4.69) is 16.9 Å². The molecule has 0 fully saturated rings. The third-order valence-electron chi connectivity index (χ3n) is 3.14. The molecule has 0 saturated heterocycles. The van der Waals surface area contributed by atoms with Crippen molar-refractivity contribution >= 4 is 17.0 Å². The van der Waals surface area contributed by atoms with Crippen LogP contribution in [-0.2, 0) is 6.42 Å². The molecule has 2 nitrogen and oxygen atoms in total. The van der Waals surface area contributed by atoms with Crippen LogP contribution in [0, 0.1) is 0 Å². The van der Waals surface area contributed by atoms with Gasteiger partial charge in [0, 0.05) is 35.5 Å². The standard InChI is InChI=1S/C14H13FN2/c1-8-5-11-7-10(3-4-13(11)16-8)12-6-9(2)17-14(12)15/h3-4,7,16H,1,5-6H2,2H3. The third kappa shape index (κ3) is 1.68. The van der Waals surface area contributed by atoms with Gasteiger partial charge in [-0.1, -0.05) is 12.6 Å². The number of anilines is 1. The summed E-state index contributed by atoms with van der Waals surface area (Å²) in [6.07, 6.45) is 1.43. The minimum absolute atomic E-state index is 0.341. The Kier molecular flexibility index (Phi) is 2.15. The lowest BCUT2D eigenvalue weighted by Gasteiger charge is -2.05. The average Bonchev–Trinajstić information content (AvgIpc) is 2.78. The minimum atomic E-state index is -0.341. The van der Waals surface area contributed by atoms with Crippen LogP contribution in [0.2, 0.25) is 0 Å². The molecule has 0 unspecified atom stereocenters. The molecule has 2 aliphatic heterocycles. The van der Waals surface area contributed by atoms with Gasteiger partial charge in [0.1, 0.15) is 0 Å². The maximum atomic E-state index is 13.6. The Morgan fingerprint density at radius 2 is 2.18 bits per heavy atom. The summed E-state index contributed by atoms with van der Waals surface area (Å²) < 4.78 is 13.6. The van der Waals surface area contributed by atoms with Gasteiger partial charge >= 0.3 is 0 Å². The highest BCUT2D eigenvalue weighted by molar-refractivity contribution is 5.97. The van der Waals surface area contributed by atoms with Gasteiger partial charge in [-0.25, -0.2) is 4.99 Å². The molecule has 3 heteroatoms. The number of allylic oxidation sites excluding steroid dienone is 2. The van der Waals surface area contributed by atoms with Gasteiger partial charge in [-0.2, -0.15) is 4.39 Å². The van der Waals surface area contributed by atoms with E-state index in [1.165, 1.54) is 5.56 Å². The predicted octanol–water partition coefficient (Wildman–Crippen LogP) is 3.67. The van der Waals surface area contributed by atoms with Gasteiger partial charge in [-0.15, -0.1) is 0 Å². The summed E-state index contributed by atoms with van der Waals surface area (Å²) in [6.45, 7) is 5.75. The largest absolute Gasteiger partial charge is 0.359 e. The topological polar surface area (TPSA) is 24.4 Å². The second kappa shape index (κ2) is 3.55. The number of hydrogen-bond donors (Lipinski definition) is 1. The third-order valence-corrected chi connectivity index (χ3v) is 3.14. The highest BCUT2D eigenvalue weighted by Crippen LogP contribution is 2.34. The summed E-state index contributed by atoms with van der Waals surface area (Å²) in [4.78, 5) is 3.85. The number of nitrogens with zero attached hydrogens (tertiary/aromatic N) is 1. The first-order valence-corrected chi connectivity index (χ1v) is 5.64.